The van der Waals surface area contributed by atoms with Crippen LogP contribution in [0.2, 0.25) is 0 Å². The molecule has 0 aliphatic carbocycles. The largest absolute Gasteiger partial charge is 0.307 e. The zero-order valence-electron chi connectivity index (χ0n) is 7.99. The summed E-state index contributed by atoms with van der Waals surface area (Å²) >= 11 is 5.54. The molecule has 0 bridgehead atoms. The fourth-order valence-corrected chi connectivity index (χ4v) is 2.32. The molecule has 1 aromatic heterocycles. The molecule has 0 aliphatic rings. The normalized spacial score (nSPS) is 13.2. The highest BCUT2D eigenvalue weighted by Gasteiger charge is 2.08. The van der Waals surface area contributed by atoms with Gasteiger partial charge in [-0.2, -0.15) is 12.6 Å². The molecule has 0 spiro atoms. The minimum Gasteiger partial charge on any atom is -0.303 e. The Hall–Kier alpha value is -0.220. The first-order valence-electron chi connectivity index (χ1n) is 4.44. The van der Waals surface area contributed by atoms with E-state index < -0.39 is 0 Å². The van der Waals surface area contributed by atoms with Crippen LogP contribution in [0.15, 0.2) is 10.2 Å². The highest BCUT2D eigenvalue weighted by molar-refractivity contribution is 7.80. The van der Waals surface area contributed by atoms with Gasteiger partial charge in [-0.05, 0) is 18.6 Å². The Kier molecular flexibility index (Phi) is 4.06. The van der Waals surface area contributed by atoms with Gasteiger partial charge in [-0.3, -0.25) is 4.79 Å². The third-order valence-electron chi connectivity index (χ3n) is 2.25. The van der Waals surface area contributed by atoms with E-state index in [1.54, 1.807) is 0 Å². The molecule has 0 fully saturated rings. The minimum atomic E-state index is 0.151. The fraction of sp³-hybridized carbons (Fsp3) is 0.667. The molecule has 74 valence electrons. The highest BCUT2D eigenvalue weighted by Crippen LogP contribution is 2.09. The summed E-state index contributed by atoms with van der Waals surface area (Å²) in [5.41, 5.74) is 1.07. The second-order valence-electron chi connectivity index (χ2n) is 3.21. The lowest BCUT2D eigenvalue weighted by molar-refractivity contribution is 0.467. The van der Waals surface area contributed by atoms with E-state index in [0.717, 1.165) is 24.4 Å². The Morgan fingerprint density at radius 2 is 2.38 bits per heavy atom. The minimum absolute atomic E-state index is 0.151. The number of hydrogen-bond acceptors (Lipinski definition) is 3. The van der Waals surface area contributed by atoms with Crippen LogP contribution in [0.5, 0.6) is 0 Å². The number of aryl methyl sites for hydroxylation is 1. The third-order valence-corrected chi connectivity index (χ3v) is 3.65. The van der Waals surface area contributed by atoms with Gasteiger partial charge >= 0.3 is 4.87 Å². The molecule has 13 heavy (non-hydrogen) atoms. The van der Waals surface area contributed by atoms with E-state index in [4.69, 9.17) is 0 Å². The van der Waals surface area contributed by atoms with Crippen LogP contribution in [0.1, 0.15) is 19.0 Å². The molecule has 1 unspecified atom stereocenters. The molecule has 0 aromatic carbocycles. The Labute approximate surface area is 88.0 Å². The van der Waals surface area contributed by atoms with Crippen molar-refractivity contribution in [2.24, 2.45) is 5.92 Å². The van der Waals surface area contributed by atoms with Crippen molar-refractivity contribution < 1.29 is 0 Å². The molecule has 0 amide bonds. The first-order chi connectivity index (χ1) is 6.19. The molecule has 1 atom stereocenters. The zero-order chi connectivity index (χ0) is 9.84. The van der Waals surface area contributed by atoms with Gasteiger partial charge in [0.15, 0.2) is 0 Å². The van der Waals surface area contributed by atoms with E-state index >= 15 is 0 Å². The molecule has 0 saturated carbocycles. The Bertz CT molecular complexity index is 312. The van der Waals surface area contributed by atoms with Crippen molar-refractivity contribution in [3.8, 4) is 0 Å². The summed E-state index contributed by atoms with van der Waals surface area (Å²) in [6.45, 7) is 4.92. The van der Waals surface area contributed by atoms with Gasteiger partial charge in [0.05, 0.1) is 0 Å². The molecule has 4 heteroatoms. The SMILES string of the molecule is CCC(CS)Cn1c(C)csc1=O. The van der Waals surface area contributed by atoms with Crippen LogP contribution in [0.4, 0.5) is 0 Å². The number of thiazole rings is 1. The molecule has 0 radical (unpaired) electrons. The smallest absolute Gasteiger partial charge is 0.303 e. The molecule has 0 saturated heterocycles. The summed E-state index contributed by atoms with van der Waals surface area (Å²) < 4.78 is 1.84. The van der Waals surface area contributed by atoms with Crippen LogP contribution in [-0.4, -0.2) is 10.3 Å². The van der Waals surface area contributed by atoms with Gasteiger partial charge in [-0.25, -0.2) is 0 Å². The second-order valence-corrected chi connectivity index (χ2v) is 4.40. The maximum absolute atomic E-state index is 11.4. The Morgan fingerprint density at radius 1 is 1.69 bits per heavy atom. The predicted octanol–water partition coefficient (Wildman–Crippen LogP) is 2.17. The summed E-state index contributed by atoms with van der Waals surface area (Å²) in [4.78, 5) is 11.5. The van der Waals surface area contributed by atoms with Gasteiger partial charge in [0.1, 0.15) is 0 Å². The number of nitrogens with zero attached hydrogens (tertiary/aromatic N) is 1. The average Bonchev–Trinajstić information content (AvgIpc) is 2.44. The van der Waals surface area contributed by atoms with E-state index in [-0.39, 0.29) is 4.87 Å². The van der Waals surface area contributed by atoms with E-state index in [1.165, 1.54) is 11.3 Å². The van der Waals surface area contributed by atoms with Gasteiger partial charge in [0.2, 0.25) is 0 Å². The van der Waals surface area contributed by atoms with Crippen molar-refractivity contribution in [2.45, 2.75) is 26.8 Å². The number of thiol groups is 1. The summed E-state index contributed by atoms with van der Waals surface area (Å²) in [5.74, 6) is 1.35. The molecule has 1 rings (SSSR count). The van der Waals surface area contributed by atoms with Crippen molar-refractivity contribution in [3.63, 3.8) is 0 Å². The van der Waals surface area contributed by atoms with Gasteiger partial charge in [0, 0.05) is 17.6 Å². The van der Waals surface area contributed by atoms with Gasteiger partial charge in [-0.15, -0.1) is 0 Å². The van der Waals surface area contributed by atoms with Crippen LogP contribution < -0.4 is 4.87 Å². The number of rotatable bonds is 4. The van der Waals surface area contributed by atoms with E-state index in [2.05, 4.69) is 19.6 Å². The maximum atomic E-state index is 11.4. The molecule has 0 aliphatic heterocycles. The van der Waals surface area contributed by atoms with E-state index in [1.807, 2.05) is 16.9 Å². The van der Waals surface area contributed by atoms with E-state index in [9.17, 15) is 4.79 Å². The summed E-state index contributed by atoms with van der Waals surface area (Å²) in [6.07, 6.45) is 1.07. The zero-order valence-corrected chi connectivity index (χ0v) is 9.70. The van der Waals surface area contributed by atoms with Gasteiger partial charge in [0.25, 0.3) is 0 Å². The third kappa shape index (κ3) is 2.61. The van der Waals surface area contributed by atoms with Crippen molar-refractivity contribution in [3.05, 3.63) is 20.7 Å². The molecular weight excluding hydrogens is 202 g/mol. The number of aromatic nitrogens is 1. The van der Waals surface area contributed by atoms with Crippen LogP contribution >= 0.6 is 24.0 Å². The summed E-state index contributed by atoms with van der Waals surface area (Å²) in [5, 5.41) is 1.91. The average molecular weight is 217 g/mol. The quantitative estimate of drug-likeness (QED) is 0.767. The highest BCUT2D eigenvalue weighted by atomic mass is 32.1. The summed E-state index contributed by atoms with van der Waals surface area (Å²) in [7, 11) is 0. The summed E-state index contributed by atoms with van der Waals surface area (Å²) in [6, 6.07) is 0. The van der Waals surface area contributed by atoms with Crippen molar-refractivity contribution >= 4 is 24.0 Å². The second kappa shape index (κ2) is 4.86. The molecule has 1 aromatic rings. The van der Waals surface area contributed by atoms with Crippen molar-refractivity contribution in [1.29, 1.82) is 0 Å². The topological polar surface area (TPSA) is 22.0 Å². The number of hydrogen-bond donors (Lipinski definition) is 1. The lowest BCUT2D eigenvalue weighted by Gasteiger charge is -2.12. The lowest BCUT2D eigenvalue weighted by Crippen LogP contribution is -2.21. The molecule has 0 N–H and O–H groups in total. The van der Waals surface area contributed by atoms with Gasteiger partial charge < -0.3 is 4.57 Å². The standard InChI is InChI=1S/C9H15NOS2/c1-3-8(5-12)4-10-7(2)6-13-9(10)11/h6,8,12H,3-5H2,1-2H3. The molecule has 2 nitrogen and oxygen atoms in total. The van der Waals surface area contributed by atoms with Crippen LogP contribution in [0.25, 0.3) is 0 Å². The Morgan fingerprint density at radius 3 is 2.77 bits per heavy atom. The van der Waals surface area contributed by atoms with E-state index in [0.29, 0.717) is 5.92 Å². The predicted molar refractivity (Wildman–Crippen MR) is 61.0 cm³/mol. The first kappa shape index (κ1) is 10.9. The fourth-order valence-electron chi connectivity index (χ4n) is 1.20. The molecule has 1 heterocycles. The molecular formula is C9H15NOS2. The van der Waals surface area contributed by atoms with Crippen LogP contribution in [0.3, 0.4) is 0 Å². The Balaban J connectivity index is 2.78. The van der Waals surface area contributed by atoms with Crippen molar-refractivity contribution in [2.75, 3.05) is 5.75 Å². The maximum Gasteiger partial charge on any atom is 0.307 e. The lowest BCUT2D eigenvalue weighted by atomic mass is 10.1. The van der Waals surface area contributed by atoms with Crippen LogP contribution in [-0.2, 0) is 6.54 Å². The first-order valence-corrected chi connectivity index (χ1v) is 5.96. The monoisotopic (exact) mass is 217 g/mol. The van der Waals surface area contributed by atoms with Crippen molar-refractivity contribution in [1.82, 2.24) is 4.57 Å². The van der Waals surface area contributed by atoms with Crippen LogP contribution in [0, 0.1) is 12.8 Å². The van der Waals surface area contributed by atoms with Gasteiger partial charge in [-0.1, -0.05) is 24.7 Å².